The van der Waals surface area contributed by atoms with Crippen LogP contribution in [-0.4, -0.2) is 59.1 Å². The van der Waals surface area contributed by atoms with E-state index in [9.17, 15) is 4.79 Å². The Labute approximate surface area is 159 Å². The van der Waals surface area contributed by atoms with Crippen LogP contribution in [0.25, 0.3) is 0 Å². The Kier molecular flexibility index (Phi) is 4.25. The number of likely N-dealkylation sites (tertiary alicyclic amines) is 1. The molecule has 27 heavy (non-hydrogen) atoms. The number of furan rings is 1. The number of rotatable bonds is 5. The second-order valence-corrected chi connectivity index (χ2v) is 8.02. The number of carbonyl (C=O) groups is 1. The van der Waals surface area contributed by atoms with Crippen molar-refractivity contribution in [2.45, 2.75) is 30.9 Å². The topological polar surface area (TPSA) is 58.8 Å². The van der Waals surface area contributed by atoms with Gasteiger partial charge in [-0.2, -0.15) is 0 Å². The zero-order valence-corrected chi connectivity index (χ0v) is 15.4. The fourth-order valence-corrected chi connectivity index (χ4v) is 4.53. The van der Waals surface area contributed by atoms with Gasteiger partial charge in [0, 0.05) is 44.5 Å². The SMILES string of the molecule is O=C1N(CC2CC2)CCO[C@@]12CN(Cc1ccco1)C[C@@H]2c1cccnc1. The van der Waals surface area contributed by atoms with E-state index in [4.69, 9.17) is 9.15 Å². The fourth-order valence-electron chi connectivity index (χ4n) is 4.53. The highest BCUT2D eigenvalue weighted by Gasteiger charge is 2.57. The summed E-state index contributed by atoms with van der Waals surface area (Å²) in [7, 11) is 0. The summed E-state index contributed by atoms with van der Waals surface area (Å²) < 4.78 is 11.8. The van der Waals surface area contributed by atoms with Gasteiger partial charge in [-0.3, -0.25) is 14.7 Å². The first-order chi connectivity index (χ1) is 13.2. The molecular formula is C21H25N3O3. The zero-order valence-electron chi connectivity index (χ0n) is 15.4. The summed E-state index contributed by atoms with van der Waals surface area (Å²) in [6, 6.07) is 7.88. The van der Waals surface area contributed by atoms with E-state index in [0.29, 0.717) is 32.2 Å². The van der Waals surface area contributed by atoms with Gasteiger partial charge in [0.1, 0.15) is 5.76 Å². The zero-order chi connectivity index (χ0) is 18.3. The molecule has 6 heteroatoms. The molecule has 2 aromatic rings. The van der Waals surface area contributed by atoms with Crippen LogP contribution in [0.5, 0.6) is 0 Å². The number of nitrogens with zero attached hydrogens (tertiary/aromatic N) is 3. The number of ether oxygens (including phenoxy) is 1. The molecule has 3 aliphatic rings. The molecule has 3 fully saturated rings. The van der Waals surface area contributed by atoms with Crippen molar-refractivity contribution >= 4 is 5.91 Å². The van der Waals surface area contributed by atoms with Crippen molar-refractivity contribution < 1.29 is 13.9 Å². The fraction of sp³-hybridized carbons (Fsp3) is 0.524. The van der Waals surface area contributed by atoms with Gasteiger partial charge in [-0.15, -0.1) is 0 Å². The highest BCUT2D eigenvalue weighted by molar-refractivity contribution is 5.88. The van der Waals surface area contributed by atoms with Crippen molar-refractivity contribution in [1.29, 1.82) is 0 Å². The minimum atomic E-state index is -0.817. The van der Waals surface area contributed by atoms with Gasteiger partial charge in [0.2, 0.25) is 0 Å². The molecule has 0 N–H and O–H groups in total. The third kappa shape index (κ3) is 3.17. The van der Waals surface area contributed by atoms with E-state index >= 15 is 0 Å². The molecule has 2 saturated heterocycles. The number of aromatic nitrogens is 1. The van der Waals surface area contributed by atoms with Crippen molar-refractivity contribution in [3.63, 3.8) is 0 Å². The first-order valence-electron chi connectivity index (χ1n) is 9.82. The van der Waals surface area contributed by atoms with Gasteiger partial charge in [-0.05, 0) is 42.5 Å². The molecule has 1 aliphatic carbocycles. The van der Waals surface area contributed by atoms with Crippen molar-refractivity contribution in [2.75, 3.05) is 32.8 Å². The van der Waals surface area contributed by atoms with Crippen LogP contribution in [0.3, 0.4) is 0 Å². The summed E-state index contributed by atoms with van der Waals surface area (Å²) in [5.74, 6) is 1.73. The van der Waals surface area contributed by atoms with Crippen LogP contribution < -0.4 is 0 Å². The standard InChI is InChI=1S/C21H25N3O3/c25-20-21(27-10-8-24(20)12-16-5-6-16)15-23(13-18-4-2-9-26-18)14-19(21)17-3-1-7-22-11-17/h1-4,7,9,11,16,19H,5-6,8,10,12-15H2/t19-,21-/m1/s1. The largest absolute Gasteiger partial charge is 0.468 e. The van der Waals surface area contributed by atoms with Crippen molar-refractivity contribution in [2.24, 2.45) is 5.92 Å². The highest BCUT2D eigenvalue weighted by Crippen LogP contribution is 2.43. The average Bonchev–Trinajstić information content (AvgIpc) is 3.22. The monoisotopic (exact) mass is 367 g/mol. The lowest BCUT2D eigenvalue weighted by Gasteiger charge is -2.42. The molecule has 1 saturated carbocycles. The minimum absolute atomic E-state index is 0.0179. The summed E-state index contributed by atoms with van der Waals surface area (Å²) in [5, 5.41) is 0. The van der Waals surface area contributed by atoms with Gasteiger partial charge >= 0.3 is 0 Å². The minimum Gasteiger partial charge on any atom is -0.468 e. The number of hydrogen-bond acceptors (Lipinski definition) is 5. The Morgan fingerprint density at radius 2 is 2.19 bits per heavy atom. The number of amides is 1. The van der Waals surface area contributed by atoms with Crippen LogP contribution >= 0.6 is 0 Å². The van der Waals surface area contributed by atoms with Crippen LogP contribution in [0.4, 0.5) is 0 Å². The Bertz CT molecular complexity index is 790. The number of carbonyl (C=O) groups excluding carboxylic acids is 1. The van der Waals surface area contributed by atoms with Crippen LogP contribution in [0.2, 0.25) is 0 Å². The van der Waals surface area contributed by atoms with Gasteiger partial charge in [0.25, 0.3) is 5.91 Å². The molecule has 5 rings (SSSR count). The predicted octanol–water partition coefficient (Wildman–Crippen LogP) is 2.28. The maximum atomic E-state index is 13.6. The number of morpholine rings is 1. The maximum Gasteiger partial charge on any atom is 0.256 e. The molecule has 2 aromatic heterocycles. The lowest BCUT2D eigenvalue weighted by Crippen LogP contribution is -2.60. The molecular weight excluding hydrogens is 342 g/mol. The number of hydrogen-bond donors (Lipinski definition) is 0. The van der Waals surface area contributed by atoms with Crippen LogP contribution in [0, 0.1) is 5.92 Å². The maximum absolute atomic E-state index is 13.6. The third-order valence-electron chi connectivity index (χ3n) is 6.05. The molecule has 1 amide bonds. The van der Waals surface area contributed by atoms with Gasteiger partial charge in [-0.1, -0.05) is 6.07 Å². The van der Waals surface area contributed by atoms with Crippen molar-refractivity contribution in [3.8, 4) is 0 Å². The molecule has 0 radical (unpaired) electrons. The Balaban J connectivity index is 1.45. The molecule has 0 aromatic carbocycles. The number of pyridine rings is 1. The quantitative estimate of drug-likeness (QED) is 0.811. The summed E-state index contributed by atoms with van der Waals surface area (Å²) in [6.07, 6.45) is 7.83. The molecule has 1 spiro atoms. The summed E-state index contributed by atoms with van der Waals surface area (Å²) >= 11 is 0. The smallest absolute Gasteiger partial charge is 0.256 e. The van der Waals surface area contributed by atoms with E-state index < -0.39 is 5.60 Å². The van der Waals surface area contributed by atoms with Crippen LogP contribution in [0.15, 0.2) is 47.3 Å². The van der Waals surface area contributed by atoms with Gasteiger partial charge in [-0.25, -0.2) is 0 Å². The predicted molar refractivity (Wildman–Crippen MR) is 99.0 cm³/mol. The molecule has 2 atom stereocenters. The van der Waals surface area contributed by atoms with E-state index in [0.717, 1.165) is 24.4 Å². The second-order valence-electron chi connectivity index (χ2n) is 8.02. The Morgan fingerprint density at radius 3 is 2.93 bits per heavy atom. The van der Waals surface area contributed by atoms with E-state index in [1.807, 2.05) is 29.3 Å². The Hall–Kier alpha value is -2.18. The molecule has 142 valence electrons. The summed E-state index contributed by atoms with van der Waals surface area (Å²) in [4.78, 5) is 22.2. The van der Waals surface area contributed by atoms with E-state index in [2.05, 4.69) is 16.0 Å². The first-order valence-corrected chi connectivity index (χ1v) is 9.82. The molecule has 6 nitrogen and oxygen atoms in total. The van der Waals surface area contributed by atoms with E-state index in [-0.39, 0.29) is 11.8 Å². The van der Waals surface area contributed by atoms with Crippen LogP contribution in [0.1, 0.15) is 30.1 Å². The molecule has 0 unspecified atom stereocenters. The Morgan fingerprint density at radius 1 is 1.26 bits per heavy atom. The lowest BCUT2D eigenvalue weighted by molar-refractivity contribution is -0.172. The van der Waals surface area contributed by atoms with Gasteiger partial charge in [0.15, 0.2) is 5.60 Å². The van der Waals surface area contributed by atoms with Gasteiger partial charge in [0.05, 0.1) is 19.4 Å². The molecule has 4 heterocycles. The summed E-state index contributed by atoms with van der Waals surface area (Å²) in [5.41, 5.74) is 0.254. The third-order valence-corrected chi connectivity index (χ3v) is 6.05. The molecule has 0 bridgehead atoms. The van der Waals surface area contributed by atoms with Crippen molar-refractivity contribution in [3.05, 3.63) is 54.2 Å². The highest BCUT2D eigenvalue weighted by atomic mass is 16.5. The summed E-state index contributed by atoms with van der Waals surface area (Å²) in [6.45, 7) is 4.22. The van der Waals surface area contributed by atoms with Crippen molar-refractivity contribution in [1.82, 2.24) is 14.8 Å². The van der Waals surface area contributed by atoms with Gasteiger partial charge < -0.3 is 14.1 Å². The lowest BCUT2D eigenvalue weighted by atomic mass is 9.83. The molecule has 2 aliphatic heterocycles. The second kappa shape index (κ2) is 6.77. The van der Waals surface area contributed by atoms with Crippen LogP contribution in [-0.2, 0) is 16.1 Å². The van der Waals surface area contributed by atoms with E-state index in [1.165, 1.54) is 12.8 Å². The average molecular weight is 367 g/mol. The first kappa shape index (κ1) is 17.0. The normalized spacial score (nSPS) is 29.0. The van der Waals surface area contributed by atoms with E-state index in [1.54, 1.807) is 12.5 Å².